The number of amides is 1. The summed E-state index contributed by atoms with van der Waals surface area (Å²) in [6, 6.07) is 13.5. The van der Waals surface area contributed by atoms with Gasteiger partial charge in [0.2, 0.25) is 5.95 Å². The molecule has 0 unspecified atom stereocenters. The topological polar surface area (TPSA) is 66.9 Å². The van der Waals surface area contributed by atoms with E-state index >= 15 is 0 Å². The fraction of sp³-hybridized carbons (Fsp3) is 0.190. The average molecular weight is 346 g/mol. The highest BCUT2D eigenvalue weighted by Crippen LogP contribution is 2.20. The molecule has 2 N–H and O–H groups in total. The summed E-state index contributed by atoms with van der Waals surface area (Å²) in [5.41, 5.74) is 6.53. The van der Waals surface area contributed by atoms with Crippen molar-refractivity contribution >= 4 is 23.2 Å². The summed E-state index contributed by atoms with van der Waals surface area (Å²) >= 11 is 0. The van der Waals surface area contributed by atoms with Crippen molar-refractivity contribution in [2.45, 2.75) is 27.7 Å². The van der Waals surface area contributed by atoms with Crippen LogP contribution < -0.4 is 10.6 Å². The standard InChI is InChI=1S/C21H22N4O/c1-13-5-6-15(3)19(11-13)25-21-22-10-9-18(24-21)20(26)23-17-8-7-14(2)16(4)12-17/h5-12H,1-4H3,(H,23,26)(H,22,24,25). The molecule has 1 aromatic heterocycles. The van der Waals surface area contributed by atoms with Gasteiger partial charge in [-0.05, 0) is 74.2 Å². The van der Waals surface area contributed by atoms with Crippen LogP contribution in [0.25, 0.3) is 0 Å². The predicted molar refractivity (Wildman–Crippen MR) is 105 cm³/mol. The molecular weight excluding hydrogens is 324 g/mol. The third kappa shape index (κ3) is 4.06. The van der Waals surface area contributed by atoms with Crippen molar-refractivity contribution in [3.8, 4) is 0 Å². The van der Waals surface area contributed by atoms with E-state index in [1.165, 1.54) is 5.56 Å². The first kappa shape index (κ1) is 17.6. The average Bonchev–Trinajstić information content (AvgIpc) is 2.61. The molecule has 0 aliphatic heterocycles. The second-order valence-corrected chi connectivity index (χ2v) is 6.46. The van der Waals surface area contributed by atoms with E-state index in [-0.39, 0.29) is 5.91 Å². The number of hydrogen-bond acceptors (Lipinski definition) is 4. The van der Waals surface area contributed by atoms with Crippen molar-refractivity contribution in [1.29, 1.82) is 0 Å². The lowest BCUT2D eigenvalue weighted by Crippen LogP contribution is -2.15. The van der Waals surface area contributed by atoms with Gasteiger partial charge in [-0.3, -0.25) is 4.79 Å². The molecule has 0 fully saturated rings. The predicted octanol–water partition coefficient (Wildman–Crippen LogP) is 4.71. The van der Waals surface area contributed by atoms with Gasteiger partial charge in [0.05, 0.1) is 0 Å². The van der Waals surface area contributed by atoms with Crippen LogP contribution in [0.5, 0.6) is 0 Å². The Kier molecular flexibility index (Phi) is 4.98. The number of anilines is 3. The third-order valence-electron chi connectivity index (χ3n) is 4.29. The largest absolute Gasteiger partial charge is 0.324 e. The molecule has 0 spiro atoms. The molecule has 0 atom stereocenters. The third-order valence-corrected chi connectivity index (χ3v) is 4.29. The Bertz CT molecular complexity index is 966. The number of carbonyl (C=O) groups excluding carboxylic acids is 1. The Hall–Kier alpha value is -3.21. The lowest BCUT2D eigenvalue weighted by molar-refractivity contribution is 0.102. The van der Waals surface area contributed by atoms with Crippen molar-refractivity contribution in [2.24, 2.45) is 0 Å². The van der Waals surface area contributed by atoms with Crippen LogP contribution >= 0.6 is 0 Å². The Morgan fingerprint density at radius 1 is 0.885 bits per heavy atom. The van der Waals surface area contributed by atoms with Crippen molar-refractivity contribution in [3.05, 3.63) is 76.6 Å². The van der Waals surface area contributed by atoms with Gasteiger partial charge in [-0.25, -0.2) is 9.97 Å². The summed E-state index contributed by atoms with van der Waals surface area (Å²) in [5, 5.41) is 6.07. The Morgan fingerprint density at radius 3 is 2.42 bits per heavy atom. The van der Waals surface area contributed by atoms with E-state index in [1.54, 1.807) is 12.3 Å². The molecule has 3 aromatic rings. The first-order chi connectivity index (χ1) is 12.4. The fourth-order valence-corrected chi connectivity index (χ4v) is 2.55. The van der Waals surface area contributed by atoms with Crippen LogP contribution in [0.1, 0.15) is 32.7 Å². The molecule has 3 rings (SSSR count). The minimum Gasteiger partial charge on any atom is -0.324 e. The molecule has 0 bridgehead atoms. The summed E-state index contributed by atoms with van der Waals surface area (Å²) in [7, 11) is 0. The summed E-state index contributed by atoms with van der Waals surface area (Å²) in [6.45, 7) is 8.09. The van der Waals surface area contributed by atoms with Gasteiger partial charge in [-0.2, -0.15) is 0 Å². The quantitative estimate of drug-likeness (QED) is 0.718. The van der Waals surface area contributed by atoms with Crippen molar-refractivity contribution in [2.75, 3.05) is 10.6 Å². The van der Waals surface area contributed by atoms with E-state index in [4.69, 9.17) is 0 Å². The summed E-state index contributed by atoms with van der Waals surface area (Å²) < 4.78 is 0. The van der Waals surface area contributed by atoms with E-state index in [2.05, 4.69) is 26.7 Å². The Balaban J connectivity index is 1.78. The number of nitrogens with one attached hydrogen (secondary N) is 2. The van der Waals surface area contributed by atoms with Gasteiger partial charge in [0, 0.05) is 17.6 Å². The van der Waals surface area contributed by atoms with Gasteiger partial charge in [0.15, 0.2) is 0 Å². The van der Waals surface area contributed by atoms with Gasteiger partial charge >= 0.3 is 0 Å². The molecular formula is C21H22N4O. The first-order valence-corrected chi connectivity index (χ1v) is 8.48. The van der Waals surface area contributed by atoms with E-state index < -0.39 is 0 Å². The normalized spacial score (nSPS) is 10.5. The fourth-order valence-electron chi connectivity index (χ4n) is 2.55. The molecule has 1 heterocycles. The number of aryl methyl sites for hydroxylation is 4. The zero-order chi connectivity index (χ0) is 18.7. The van der Waals surface area contributed by atoms with E-state index in [1.807, 2.05) is 58.0 Å². The number of aromatic nitrogens is 2. The van der Waals surface area contributed by atoms with E-state index in [0.29, 0.717) is 11.6 Å². The molecule has 0 radical (unpaired) electrons. The van der Waals surface area contributed by atoms with Crippen molar-refractivity contribution in [3.63, 3.8) is 0 Å². The summed E-state index contributed by atoms with van der Waals surface area (Å²) in [4.78, 5) is 21.1. The Labute approximate surface area is 153 Å². The van der Waals surface area contributed by atoms with Crippen LogP contribution in [0.15, 0.2) is 48.7 Å². The summed E-state index contributed by atoms with van der Waals surface area (Å²) in [6.07, 6.45) is 1.58. The summed E-state index contributed by atoms with van der Waals surface area (Å²) in [5.74, 6) is 0.131. The number of nitrogens with zero attached hydrogens (tertiary/aromatic N) is 2. The maximum atomic E-state index is 12.5. The number of rotatable bonds is 4. The first-order valence-electron chi connectivity index (χ1n) is 8.48. The van der Waals surface area contributed by atoms with Crippen molar-refractivity contribution < 1.29 is 4.79 Å². The van der Waals surface area contributed by atoms with Crippen LogP contribution in [0.2, 0.25) is 0 Å². The minimum absolute atomic E-state index is 0.264. The molecule has 26 heavy (non-hydrogen) atoms. The zero-order valence-electron chi connectivity index (χ0n) is 15.4. The van der Waals surface area contributed by atoms with Crippen LogP contribution in [-0.4, -0.2) is 15.9 Å². The van der Waals surface area contributed by atoms with Gasteiger partial charge in [-0.1, -0.05) is 18.2 Å². The molecule has 0 saturated heterocycles. The van der Waals surface area contributed by atoms with Crippen LogP contribution in [-0.2, 0) is 0 Å². The molecule has 1 amide bonds. The molecule has 2 aromatic carbocycles. The van der Waals surface area contributed by atoms with E-state index in [9.17, 15) is 4.79 Å². The van der Waals surface area contributed by atoms with E-state index in [0.717, 1.165) is 28.1 Å². The highest BCUT2D eigenvalue weighted by atomic mass is 16.1. The molecule has 132 valence electrons. The zero-order valence-corrected chi connectivity index (χ0v) is 15.4. The molecule has 0 aliphatic carbocycles. The van der Waals surface area contributed by atoms with Gasteiger partial charge in [0.25, 0.3) is 5.91 Å². The minimum atomic E-state index is -0.264. The number of carbonyl (C=O) groups is 1. The SMILES string of the molecule is Cc1ccc(C)c(Nc2nccc(C(=O)Nc3ccc(C)c(C)c3)n2)c1. The second-order valence-electron chi connectivity index (χ2n) is 6.46. The maximum absolute atomic E-state index is 12.5. The molecule has 5 heteroatoms. The maximum Gasteiger partial charge on any atom is 0.274 e. The second kappa shape index (κ2) is 7.35. The molecule has 0 aliphatic rings. The number of hydrogen-bond donors (Lipinski definition) is 2. The van der Waals surface area contributed by atoms with Crippen LogP contribution in [0.4, 0.5) is 17.3 Å². The van der Waals surface area contributed by atoms with Gasteiger partial charge in [-0.15, -0.1) is 0 Å². The monoisotopic (exact) mass is 346 g/mol. The molecule has 5 nitrogen and oxygen atoms in total. The number of benzene rings is 2. The van der Waals surface area contributed by atoms with Gasteiger partial charge < -0.3 is 10.6 Å². The molecule has 0 saturated carbocycles. The van der Waals surface area contributed by atoms with Crippen molar-refractivity contribution in [1.82, 2.24) is 9.97 Å². The lowest BCUT2D eigenvalue weighted by Gasteiger charge is -2.10. The van der Waals surface area contributed by atoms with Crippen LogP contribution in [0, 0.1) is 27.7 Å². The smallest absolute Gasteiger partial charge is 0.274 e. The Morgan fingerprint density at radius 2 is 1.65 bits per heavy atom. The van der Waals surface area contributed by atoms with Gasteiger partial charge in [0.1, 0.15) is 5.69 Å². The highest BCUT2D eigenvalue weighted by molar-refractivity contribution is 6.03. The van der Waals surface area contributed by atoms with Crippen LogP contribution in [0.3, 0.4) is 0 Å². The lowest BCUT2D eigenvalue weighted by atomic mass is 10.1. The highest BCUT2D eigenvalue weighted by Gasteiger charge is 2.10.